The zero-order valence-electron chi connectivity index (χ0n) is 10.6. The molecular weight excluding hydrogens is 262 g/mol. The van der Waals surface area contributed by atoms with Gasteiger partial charge in [-0.25, -0.2) is 0 Å². The van der Waals surface area contributed by atoms with Gasteiger partial charge in [-0.05, 0) is 6.07 Å². The van der Waals surface area contributed by atoms with Crippen LogP contribution in [-0.2, 0) is 0 Å². The summed E-state index contributed by atoms with van der Waals surface area (Å²) in [6.45, 7) is 0. The second-order valence-electron chi connectivity index (χ2n) is 4.18. The summed E-state index contributed by atoms with van der Waals surface area (Å²) >= 11 is 0. The van der Waals surface area contributed by atoms with E-state index in [0.717, 1.165) is 5.39 Å². The van der Waals surface area contributed by atoms with Crippen molar-refractivity contribution < 1.29 is 29.0 Å². The Labute approximate surface area is 113 Å². The Morgan fingerprint density at radius 3 is 2.45 bits per heavy atom. The second kappa shape index (κ2) is 4.34. The highest BCUT2D eigenvalue weighted by Gasteiger charge is 2.30. The van der Waals surface area contributed by atoms with Gasteiger partial charge in [-0.3, -0.25) is 0 Å². The maximum Gasteiger partial charge on any atom is 0.365 e. The Hall–Kier alpha value is -2.89. The number of ether oxygens (including phenoxy) is 1. The largest absolute Gasteiger partial charge is 0.497 e. The van der Waals surface area contributed by atoms with E-state index in [9.17, 15) is 15.3 Å². The Balaban J connectivity index is 2.38. The van der Waals surface area contributed by atoms with Crippen molar-refractivity contribution in [1.29, 1.82) is 0 Å². The van der Waals surface area contributed by atoms with E-state index in [1.807, 2.05) is 18.2 Å². The van der Waals surface area contributed by atoms with Crippen molar-refractivity contribution in [3.8, 4) is 29.1 Å². The maximum atomic E-state index is 9.80. The standard InChI is InChI=1S/C14H11NO5/c1-19-10-6-7-15(9-5-3-2-4-8(9)10)11-12(16)14(18)20-13(11)17/h2-7H,1H3,(H2-,16,17,18)/p+1. The topological polar surface area (TPSA) is 86.9 Å². The van der Waals surface area contributed by atoms with Crippen LogP contribution in [0.25, 0.3) is 16.6 Å². The zero-order valence-corrected chi connectivity index (χ0v) is 10.6. The van der Waals surface area contributed by atoms with E-state index in [0.29, 0.717) is 11.3 Å². The molecule has 2 heterocycles. The summed E-state index contributed by atoms with van der Waals surface area (Å²) in [6.07, 6.45) is 1.60. The smallest absolute Gasteiger partial charge is 0.365 e. The van der Waals surface area contributed by atoms with E-state index >= 15 is 0 Å². The number of hydrogen-bond acceptors (Lipinski definition) is 5. The van der Waals surface area contributed by atoms with Crippen LogP contribution in [0.5, 0.6) is 23.4 Å². The maximum absolute atomic E-state index is 9.80. The van der Waals surface area contributed by atoms with Crippen molar-refractivity contribution in [2.24, 2.45) is 0 Å². The minimum absolute atomic E-state index is 0.0265. The molecule has 0 aliphatic rings. The van der Waals surface area contributed by atoms with E-state index in [-0.39, 0.29) is 5.69 Å². The molecule has 0 atom stereocenters. The van der Waals surface area contributed by atoms with E-state index in [2.05, 4.69) is 4.42 Å². The van der Waals surface area contributed by atoms with Gasteiger partial charge in [-0.1, -0.05) is 12.1 Å². The van der Waals surface area contributed by atoms with Gasteiger partial charge in [0.2, 0.25) is 5.52 Å². The van der Waals surface area contributed by atoms with Crippen molar-refractivity contribution in [2.75, 3.05) is 7.11 Å². The van der Waals surface area contributed by atoms with Crippen molar-refractivity contribution >= 4 is 10.9 Å². The molecule has 6 heteroatoms. The van der Waals surface area contributed by atoms with Crippen molar-refractivity contribution in [1.82, 2.24) is 0 Å². The number of aromatic hydroxyl groups is 3. The zero-order chi connectivity index (χ0) is 14.3. The Bertz CT molecular complexity index is 794. The third-order valence-corrected chi connectivity index (χ3v) is 3.09. The Kier molecular flexibility index (Phi) is 2.64. The Morgan fingerprint density at radius 1 is 1.05 bits per heavy atom. The molecule has 102 valence electrons. The molecule has 0 fully saturated rings. The molecule has 0 saturated carbocycles. The highest BCUT2D eigenvalue weighted by molar-refractivity contribution is 5.82. The molecule has 3 rings (SSSR count). The lowest BCUT2D eigenvalue weighted by Gasteiger charge is -2.04. The number of furan rings is 1. The lowest BCUT2D eigenvalue weighted by molar-refractivity contribution is -0.568. The number of nitrogens with zero attached hydrogens (tertiary/aromatic N) is 1. The third kappa shape index (κ3) is 1.62. The van der Waals surface area contributed by atoms with Crippen LogP contribution in [0, 0.1) is 0 Å². The summed E-state index contributed by atoms with van der Waals surface area (Å²) in [7, 11) is 1.56. The van der Waals surface area contributed by atoms with Gasteiger partial charge in [0.1, 0.15) is 5.75 Å². The molecule has 6 nitrogen and oxygen atoms in total. The van der Waals surface area contributed by atoms with Gasteiger partial charge in [0.15, 0.2) is 6.20 Å². The molecule has 0 aliphatic carbocycles. The van der Waals surface area contributed by atoms with Crippen LogP contribution in [0.3, 0.4) is 0 Å². The number of pyridine rings is 1. The molecule has 3 aromatic rings. The molecule has 0 saturated heterocycles. The number of methoxy groups -OCH3 is 1. The highest BCUT2D eigenvalue weighted by Crippen LogP contribution is 2.40. The third-order valence-electron chi connectivity index (χ3n) is 3.09. The molecule has 0 amide bonds. The minimum atomic E-state index is -0.732. The van der Waals surface area contributed by atoms with Gasteiger partial charge in [0.25, 0.3) is 5.75 Å². The number of hydrogen-bond donors (Lipinski definition) is 3. The number of para-hydroxylation sites is 1. The van der Waals surface area contributed by atoms with Crippen molar-refractivity contribution in [3.05, 3.63) is 36.5 Å². The van der Waals surface area contributed by atoms with Gasteiger partial charge >= 0.3 is 17.6 Å². The van der Waals surface area contributed by atoms with Crippen LogP contribution in [0.4, 0.5) is 0 Å². The van der Waals surface area contributed by atoms with Crippen LogP contribution in [0.15, 0.2) is 40.9 Å². The normalized spacial score (nSPS) is 10.8. The van der Waals surface area contributed by atoms with E-state index in [4.69, 9.17) is 4.74 Å². The highest BCUT2D eigenvalue weighted by atomic mass is 16.5. The number of aromatic nitrogens is 1. The Morgan fingerprint density at radius 2 is 1.80 bits per heavy atom. The van der Waals surface area contributed by atoms with Crippen LogP contribution in [0.1, 0.15) is 0 Å². The molecule has 0 spiro atoms. The van der Waals surface area contributed by atoms with Crippen molar-refractivity contribution in [3.63, 3.8) is 0 Å². The molecule has 0 unspecified atom stereocenters. The number of fused-ring (bicyclic) bond motifs is 1. The fraction of sp³-hybridized carbons (Fsp3) is 0.0714. The predicted octanol–water partition coefficient (Wildman–Crippen LogP) is 1.83. The number of benzene rings is 1. The number of rotatable bonds is 2. The summed E-state index contributed by atoms with van der Waals surface area (Å²) in [4.78, 5) is 0. The van der Waals surface area contributed by atoms with Gasteiger partial charge in [-0.15, -0.1) is 0 Å². The minimum Gasteiger partial charge on any atom is -0.497 e. The molecule has 0 bridgehead atoms. The quantitative estimate of drug-likeness (QED) is 0.621. The summed E-state index contributed by atoms with van der Waals surface area (Å²) < 4.78 is 11.4. The van der Waals surface area contributed by atoms with Gasteiger partial charge < -0.3 is 24.5 Å². The summed E-state index contributed by atoms with van der Waals surface area (Å²) in [6, 6.07) is 8.98. The first-order valence-electron chi connectivity index (χ1n) is 5.85. The lowest BCUT2D eigenvalue weighted by atomic mass is 10.2. The molecule has 3 N–H and O–H groups in total. The first-order chi connectivity index (χ1) is 9.63. The molecule has 2 aromatic heterocycles. The summed E-state index contributed by atoms with van der Waals surface area (Å²) in [5.74, 6) is -1.17. The second-order valence-corrected chi connectivity index (χ2v) is 4.18. The van der Waals surface area contributed by atoms with Crippen LogP contribution >= 0.6 is 0 Å². The molecule has 0 aliphatic heterocycles. The predicted molar refractivity (Wildman–Crippen MR) is 69.3 cm³/mol. The van der Waals surface area contributed by atoms with Crippen molar-refractivity contribution in [2.45, 2.75) is 0 Å². The van der Waals surface area contributed by atoms with Gasteiger partial charge in [0, 0.05) is 12.1 Å². The molecule has 0 radical (unpaired) electrons. The van der Waals surface area contributed by atoms with Gasteiger partial charge in [-0.2, -0.15) is 4.57 Å². The average Bonchev–Trinajstić information content (AvgIpc) is 2.71. The average molecular weight is 274 g/mol. The fourth-order valence-corrected chi connectivity index (χ4v) is 2.19. The molecule has 20 heavy (non-hydrogen) atoms. The monoisotopic (exact) mass is 274 g/mol. The van der Waals surface area contributed by atoms with E-state index in [1.54, 1.807) is 25.4 Å². The van der Waals surface area contributed by atoms with E-state index in [1.165, 1.54) is 4.57 Å². The lowest BCUT2D eigenvalue weighted by Crippen LogP contribution is -2.30. The summed E-state index contributed by atoms with van der Waals surface area (Å²) in [5.41, 5.74) is 0.652. The summed E-state index contributed by atoms with van der Waals surface area (Å²) in [5, 5.41) is 29.6. The molecule has 1 aromatic carbocycles. The van der Waals surface area contributed by atoms with Crippen LogP contribution in [-0.4, -0.2) is 22.4 Å². The fourth-order valence-electron chi connectivity index (χ4n) is 2.19. The van der Waals surface area contributed by atoms with Crippen LogP contribution < -0.4 is 9.30 Å². The van der Waals surface area contributed by atoms with Crippen LogP contribution in [0.2, 0.25) is 0 Å². The first-order valence-corrected chi connectivity index (χ1v) is 5.85. The SMILES string of the molecule is COc1cc[n+](-c2c(O)oc(O)c2O)c2ccccc12. The van der Waals surface area contributed by atoms with E-state index < -0.39 is 17.6 Å². The molecular formula is C14H12NO5+. The van der Waals surface area contributed by atoms with Gasteiger partial charge in [0.05, 0.1) is 12.5 Å². The first kappa shape index (κ1) is 12.2.